The lowest BCUT2D eigenvalue weighted by Gasteiger charge is -2.25. The number of benzene rings is 1. The Hall–Kier alpha value is -2.45. The molecule has 1 unspecified atom stereocenters. The summed E-state index contributed by atoms with van der Waals surface area (Å²) in [5.74, 6) is 2.67. The molecule has 0 amide bonds. The Morgan fingerprint density at radius 3 is 2.90 bits per heavy atom. The molecule has 2 heterocycles. The van der Waals surface area contributed by atoms with Gasteiger partial charge in [0.15, 0.2) is 11.8 Å². The number of rotatable bonds is 12. The molecule has 31 heavy (non-hydrogen) atoms. The standard InChI is InChI=1S/C23H36N6O2/c1-3-24-23(25-14-7-8-15-31-16-13-19-9-5-4-6-10-19)26-20-11-12-22-27-21(18-30-2)28-29(22)17-20/h4-6,9-10,20H,3,7-8,11-18H2,1-2H3,(H2,24,25,26). The highest BCUT2D eigenvalue weighted by atomic mass is 16.5. The molecule has 0 bridgehead atoms. The van der Waals surface area contributed by atoms with Crippen molar-refractivity contribution in [3.8, 4) is 0 Å². The highest BCUT2D eigenvalue weighted by Gasteiger charge is 2.22. The van der Waals surface area contributed by atoms with E-state index in [1.807, 2.05) is 10.7 Å². The SMILES string of the molecule is CCNC(=NCCCCOCCc1ccccc1)NC1CCc2nc(COC)nn2C1. The molecule has 0 spiro atoms. The van der Waals surface area contributed by atoms with Gasteiger partial charge in [0.2, 0.25) is 0 Å². The van der Waals surface area contributed by atoms with Crippen molar-refractivity contribution >= 4 is 5.96 Å². The molecule has 0 saturated heterocycles. The topological polar surface area (TPSA) is 85.6 Å². The number of hydrogen-bond donors (Lipinski definition) is 2. The Balaban J connectivity index is 1.34. The average Bonchev–Trinajstić information content (AvgIpc) is 3.18. The highest BCUT2D eigenvalue weighted by molar-refractivity contribution is 5.80. The van der Waals surface area contributed by atoms with Crippen molar-refractivity contribution in [2.24, 2.45) is 4.99 Å². The van der Waals surface area contributed by atoms with E-state index in [-0.39, 0.29) is 0 Å². The van der Waals surface area contributed by atoms with Crippen LogP contribution < -0.4 is 10.6 Å². The number of aliphatic imine (C=N–C) groups is 1. The summed E-state index contributed by atoms with van der Waals surface area (Å²) in [6.45, 7) is 6.53. The molecule has 2 aromatic rings. The number of methoxy groups -OCH3 is 1. The number of nitrogens with one attached hydrogen (secondary N) is 2. The van der Waals surface area contributed by atoms with Gasteiger partial charge in [-0.1, -0.05) is 30.3 Å². The number of fused-ring (bicyclic) bond motifs is 1. The Bertz CT molecular complexity index is 793. The van der Waals surface area contributed by atoms with Gasteiger partial charge in [0.1, 0.15) is 12.4 Å². The van der Waals surface area contributed by atoms with Crippen molar-refractivity contribution in [3.63, 3.8) is 0 Å². The summed E-state index contributed by atoms with van der Waals surface area (Å²) in [7, 11) is 1.67. The van der Waals surface area contributed by atoms with E-state index in [0.29, 0.717) is 12.6 Å². The number of nitrogens with zero attached hydrogens (tertiary/aromatic N) is 4. The first-order chi connectivity index (χ1) is 15.3. The summed E-state index contributed by atoms with van der Waals surface area (Å²) in [5, 5.41) is 11.4. The van der Waals surface area contributed by atoms with Gasteiger partial charge in [-0.05, 0) is 38.2 Å². The van der Waals surface area contributed by atoms with Crippen LogP contribution in [0.2, 0.25) is 0 Å². The minimum absolute atomic E-state index is 0.295. The molecule has 3 rings (SSSR count). The predicted octanol–water partition coefficient (Wildman–Crippen LogP) is 2.33. The van der Waals surface area contributed by atoms with Crippen LogP contribution in [0.5, 0.6) is 0 Å². The molecule has 170 valence electrons. The average molecular weight is 429 g/mol. The molecule has 8 heteroatoms. The zero-order valence-corrected chi connectivity index (χ0v) is 18.8. The third kappa shape index (κ3) is 7.95. The third-order valence-corrected chi connectivity index (χ3v) is 5.21. The molecule has 8 nitrogen and oxygen atoms in total. The first kappa shape index (κ1) is 23.2. The van der Waals surface area contributed by atoms with E-state index < -0.39 is 0 Å². The van der Waals surface area contributed by atoms with Gasteiger partial charge < -0.3 is 20.1 Å². The van der Waals surface area contributed by atoms with Crippen molar-refractivity contribution in [2.45, 2.75) is 58.2 Å². The van der Waals surface area contributed by atoms with E-state index in [1.54, 1.807) is 7.11 Å². The first-order valence-corrected chi connectivity index (χ1v) is 11.4. The molecule has 0 aliphatic carbocycles. The van der Waals surface area contributed by atoms with E-state index in [4.69, 9.17) is 14.5 Å². The van der Waals surface area contributed by atoms with Gasteiger partial charge in [0.25, 0.3) is 0 Å². The summed E-state index contributed by atoms with van der Waals surface area (Å²) in [5.41, 5.74) is 1.32. The number of hydrogen-bond acceptors (Lipinski definition) is 5. The van der Waals surface area contributed by atoms with Gasteiger partial charge in [0, 0.05) is 39.3 Å². The number of aryl methyl sites for hydroxylation is 1. The number of aromatic nitrogens is 3. The smallest absolute Gasteiger partial charge is 0.191 e. The van der Waals surface area contributed by atoms with Crippen molar-refractivity contribution in [1.29, 1.82) is 0 Å². The monoisotopic (exact) mass is 428 g/mol. The third-order valence-electron chi connectivity index (χ3n) is 5.21. The van der Waals surface area contributed by atoms with Crippen molar-refractivity contribution in [3.05, 3.63) is 47.5 Å². The Morgan fingerprint density at radius 2 is 2.10 bits per heavy atom. The van der Waals surface area contributed by atoms with Crippen molar-refractivity contribution < 1.29 is 9.47 Å². The van der Waals surface area contributed by atoms with Gasteiger partial charge in [0.05, 0.1) is 13.2 Å². The van der Waals surface area contributed by atoms with Crippen LogP contribution in [-0.4, -0.2) is 60.2 Å². The summed E-state index contributed by atoms with van der Waals surface area (Å²) in [6.07, 6.45) is 4.93. The van der Waals surface area contributed by atoms with E-state index >= 15 is 0 Å². The fourth-order valence-electron chi connectivity index (χ4n) is 3.63. The van der Waals surface area contributed by atoms with Crippen LogP contribution in [0, 0.1) is 0 Å². The second-order valence-corrected chi connectivity index (χ2v) is 7.76. The maximum atomic E-state index is 5.76. The second-order valence-electron chi connectivity index (χ2n) is 7.76. The van der Waals surface area contributed by atoms with Crippen LogP contribution in [-0.2, 0) is 35.5 Å². The van der Waals surface area contributed by atoms with Crippen LogP contribution in [0.15, 0.2) is 35.3 Å². The fourth-order valence-corrected chi connectivity index (χ4v) is 3.63. The molecule has 2 N–H and O–H groups in total. The van der Waals surface area contributed by atoms with Gasteiger partial charge in [-0.3, -0.25) is 4.99 Å². The van der Waals surface area contributed by atoms with Gasteiger partial charge in [-0.15, -0.1) is 0 Å². The van der Waals surface area contributed by atoms with E-state index in [1.165, 1.54) is 5.56 Å². The summed E-state index contributed by atoms with van der Waals surface area (Å²) in [6, 6.07) is 10.8. The fraction of sp³-hybridized carbons (Fsp3) is 0.609. The molecular formula is C23H36N6O2. The maximum absolute atomic E-state index is 5.76. The number of ether oxygens (including phenoxy) is 2. The summed E-state index contributed by atoms with van der Waals surface area (Å²) >= 11 is 0. The van der Waals surface area contributed by atoms with Crippen LogP contribution in [0.3, 0.4) is 0 Å². The van der Waals surface area contributed by atoms with E-state index in [9.17, 15) is 0 Å². The molecule has 1 aromatic heterocycles. The van der Waals surface area contributed by atoms with Crippen LogP contribution in [0.4, 0.5) is 0 Å². The molecule has 0 fully saturated rings. The quantitative estimate of drug-likeness (QED) is 0.307. The molecule has 1 aromatic carbocycles. The Morgan fingerprint density at radius 1 is 1.23 bits per heavy atom. The normalized spacial score (nSPS) is 16.2. The lowest BCUT2D eigenvalue weighted by atomic mass is 10.1. The van der Waals surface area contributed by atoms with Crippen molar-refractivity contribution in [2.75, 3.05) is 33.4 Å². The Labute approximate surface area is 185 Å². The highest BCUT2D eigenvalue weighted by Crippen LogP contribution is 2.13. The molecule has 1 aliphatic heterocycles. The molecule has 0 saturated carbocycles. The maximum Gasteiger partial charge on any atom is 0.191 e. The van der Waals surface area contributed by atoms with Crippen LogP contribution >= 0.6 is 0 Å². The first-order valence-electron chi connectivity index (χ1n) is 11.4. The minimum atomic E-state index is 0.295. The summed E-state index contributed by atoms with van der Waals surface area (Å²) < 4.78 is 12.9. The van der Waals surface area contributed by atoms with Gasteiger partial charge >= 0.3 is 0 Å². The lowest BCUT2D eigenvalue weighted by molar-refractivity contribution is 0.134. The molecular weight excluding hydrogens is 392 g/mol. The van der Waals surface area contributed by atoms with E-state index in [0.717, 1.165) is 82.6 Å². The zero-order chi connectivity index (χ0) is 21.7. The second kappa shape index (κ2) is 13.1. The largest absolute Gasteiger partial charge is 0.381 e. The number of guanidine groups is 1. The van der Waals surface area contributed by atoms with Gasteiger partial charge in [-0.2, -0.15) is 5.10 Å². The molecule has 0 radical (unpaired) electrons. The summed E-state index contributed by atoms with van der Waals surface area (Å²) in [4.78, 5) is 9.28. The minimum Gasteiger partial charge on any atom is -0.381 e. The van der Waals surface area contributed by atoms with Crippen LogP contribution in [0.1, 0.15) is 43.4 Å². The molecule has 1 atom stereocenters. The Kier molecular flexibility index (Phi) is 9.79. The number of unbranched alkanes of at least 4 members (excludes halogenated alkanes) is 1. The van der Waals surface area contributed by atoms with E-state index in [2.05, 4.69) is 51.9 Å². The zero-order valence-electron chi connectivity index (χ0n) is 18.8. The molecule has 1 aliphatic rings. The predicted molar refractivity (Wildman–Crippen MR) is 122 cm³/mol. The lowest BCUT2D eigenvalue weighted by Crippen LogP contribution is -2.47. The van der Waals surface area contributed by atoms with Gasteiger partial charge in [-0.25, -0.2) is 9.67 Å². The van der Waals surface area contributed by atoms with Crippen LogP contribution in [0.25, 0.3) is 0 Å². The van der Waals surface area contributed by atoms with Crippen molar-refractivity contribution in [1.82, 2.24) is 25.4 Å².